The van der Waals surface area contributed by atoms with Crippen molar-refractivity contribution in [2.45, 2.75) is 20.8 Å². The van der Waals surface area contributed by atoms with Crippen LogP contribution in [-0.2, 0) is 4.79 Å². The molecule has 0 aromatic heterocycles. The summed E-state index contributed by atoms with van der Waals surface area (Å²) in [7, 11) is 0. The number of nitrogens with zero attached hydrogens (tertiary/aromatic N) is 1. The van der Waals surface area contributed by atoms with E-state index in [0.717, 1.165) is 27.7 Å². The van der Waals surface area contributed by atoms with Crippen molar-refractivity contribution >= 4 is 43.5 Å². The molecule has 1 aromatic rings. The summed E-state index contributed by atoms with van der Waals surface area (Å²) in [5, 5.41) is 2.93. The lowest BCUT2D eigenvalue weighted by Crippen LogP contribution is -2.42. The van der Waals surface area contributed by atoms with E-state index in [-0.39, 0.29) is 11.3 Å². The second kappa shape index (κ2) is 8.27. The average Bonchev–Trinajstić information content (AvgIpc) is 2.41. The van der Waals surface area contributed by atoms with Crippen molar-refractivity contribution in [3.05, 3.63) is 27.1 Å². The number of hydrogen-bond donors (Lipinski definition) is 2. The smallest absolute Gasteiger partial charge is 0.238 e. The highest BCUT2D eigenvalue weighted by atomic mass is 79.9. The molecule has 1 amide bonds. The molecule has 0 unspecified atom stereocenters. The molecule has 0 fully saturated rings. The number of hydrogen-bond acceptors (Lipinski definition) is 3. The summed E-state index contributed by atoms with van der Waals surface area (Å²) in [5.41, 5.74) is 6.54. The summed E-state index contributed by atoms with van der Waals surface area (Å²) in [5.74, 6) is -0.0207. The van der Waals surface area contributed by atoms with Crippen LogP contribution in [0.2, 0.25) is 0 Å². The molecule has 1 aromatic carbocycles. The zero-order chi connectivity index (χ0) is 16.0. The number of anilines is 1. The molecule has 1 rings (SSSR count). The minimum atomic E-state index is -0.0207. The van der Waals surface area contributed by atoms with E-state index < -0.39 is 0 Å². The molecule has 0 saturated heterocycles. The Labute approximate surface area is 143 Å². The molecule has 0 aliphatic heterocycles. The fourth-order valence-corrected chi connectivity index (χ4v) is 3.08. The third-order valence-corrected chi connectivity index (χ3v) is 4.37. The van der Waals surface area contributed by atoms with Crippen LogP contribution < -0.4 is 11.1 Å². The predicted molar refractivity (Wildman–Crippen MR) is 95.4 cm³/mol. The number of nitrogens with two attached hydrogens (primary N) is 1. The molecular weight excluding hydrogens is 398 g/mol. The van der Waals surface area contributed by atoms with Gasteiger partial charge in [-0.25, -0.2) is 0 Å². The first-order valence-electron chi connectivity index (χ1n) is 6.94. The summed E-state index contributed by atoms with van der Waals surface area (Å²) in [6.45, 7) is 8.85. The van der Waals surface area contributed by atoms with Gasteiger partial charge in [-0.3, -0.25) is 9.69 Å². The first kappa shape index (κ1) is 18.6. The lowest BCUT2D eigenvalue weighted by molar-refractivity contribution is -0.117. The summed E-state index contributed by atoms with van der Waals surface area (Å²) in [6.07, 6.45) is 0. The second-order valence-electron chi connectivity index (χ2n) is 5.84. The molecule has 0 saturated carbocycles. The standard InChI is InChI=1S/C15H23Br2N3O/c1-4-20(10-15(2,3)9-18)8-14(21)19-13-6-5-11(16)7-12(13)17/h5-7H,4,8-10,18H2,1-3H3,(H,19,21). The van der Waals surface area contributed by atoms with Crippen molar-refractivity contribution in [3.8, 4) is 0 Å². The number of carbonyl (C=O) groups is 1. The third-order valence-electron chi connectivity index (χ3n) is 3.22. The fourth-order valence-electron chi connectivity index (χ4n) is 1.93. The number of halogens is 2. The van der Waals surface area contributed by atoms with E-state index in [2.05, 4.69) is 62.8 Å². The van der Waals surface area contributed by atoms with Crippen LogP contribution in [0.3, 0.4) is 0 Å². The van der Waals surface area contributed by atoms with Crippen LogP contribution in [0.5, 0.6) is 0 Å². The van der Waals surface area contributed by atoms with Crippen molar-refractivity contribution < 1.29 is 4.79 Å². The molecule has 0 radical (unpaired) electrons. The van der Waals surface area contributed by atoms with E-state index in [1.54, 1.807) is 0 Å². The number of likely N-dealkylation sites (N-methyl/N-ethyl adjacent to an activating group) is 1. The zero-order valence-corrected chi connectivity index (χ0v) is 15.9. The van der Waals surface area contributed by atoms with E-state index in [4.69, 9.17) is 5.73 Å². The normalized spacial score (nSPS) is 11.8. The topological polar surface area (TPSA) is 58.4 Å². The molecule has 0 aliphatic carbocycles. The lowest BCUT2D eigenvalue weighted by Gasteiger charge is -2.30. The van der Waals surface area contributed by atoms with Crippen LogP contribution in [0.25, 0.3) is 0 Å². The molecule has 3 N–H and O–H groups in total. The molecule has 6 heteroatoms. The summed E-state index contributed by atoms with van der Waals surface area (Å²) >= 11 is 6.84. The van der Waals surface area contributed by atoms with Crippen LogP contribution in [-0.4, -0.2) is 37.0 Å². The predicted octanol–water partition coefficient (Wildman–Crippen LogP) is 3.46. The SMILES string of the molecule is CCN(CC(=O)Nc1ccc(Br)cc1Br)CC(C)(C)CN. The van der Waals surface area contributed by atoms with Crippen LogP contribution in [0.4, 0.5) is 5.69 Å². The third kappa shape index (κ3) is 6.46. The van der Waals surface area contributed by atoms with Crippen LogP contribution >= 0.6 is 31.9 Å². The maximum atomic E-state index is 12.2. The molecule has 0 aliphatic rings. The quantitative estimate of drug-likeness (QED) is 0.710. The van der Waals surface area contributed by atoms with Gasteiger partial charge in [0.05, 0.1) is 12.2 Å². The largest absolute Gasteiger partial charge is 0.330 e. The van der Waals surface area contributed by atoms with Gasteiger partial charge in [0, 0.05) is 15.5 Å². The molecule has 4 nitrogen and oxygen atoms in total. The van der Waals surface area contributed by atoms with Gasteiger partial charge in [-0.2, -0.15) is 0 Å². The Kier molecular flexibility index (Phi) is 7.33. The Bertz CT molecular complexity index is 492. The fraction of sp³-hybridized carbons (Fsp3) is 0.533. The van der Waals surface area contributed by atoms with Crippen molar-refractivity contribution in [2.75, 3.05) is 31.5 Å². The number of amides is 1. The summed E-state index contributed by atoms with van der Waals surface area (Å²) in [6, 6.07) is 5.67. The Hall–Kier alpha value is -0.430. The lowest BCUT2D eigenvalue weighted by atomic mass is 9.93. The van der Waals surface area contributed by atoms with Gasteiger partial charge in [0.15, 0.2) is 0 Å². The molecule has 0 heterocycles. The van der Waals surface area contributed by atoms with Gasteiger partial charge in [0.2, 0.25) is 5.91 Å². The average molecular weight is 421 g/mol. The number of nitrogens with one attached hydrogen (secondary N) is 1. The highest BCUT2D eigenvalue weighted by Gasteiger charge is 2.21. The van der Waals surface area contributed by atoms with Gasteiger partial charge in [0.25, 0.3) is 0 Å². The highest BCUT2D eigenvalue weighted by Crippen LogP contribution is 2.26. The molecular formula is C15H23Br2N3O. The number of rotatable bonds is 7. The van der Waals surface area contributed by atoms with Gasteiger partial charge in [0.1, 0.15) is 0 Å². The minimum Gasteiger partial charge on any atom is -0.330 e. The maximum Gasteiger partial charge on any atom is 0.238 e. The first-order chi connectivity index (χ1) is 9.77. The van der Waals surface area contributed by atoms with Gasteiger partial charge in [-0.05, 0) is 52.6 Å². The monoisotopic (exact) mass is 419 g/mol. The van der Waals surface area contributed by atoms with E-state index in [1.165, 1.54) is 0 Å². The molecule has 0 bridgehead atoms. The van der Waals surface area contributed by atoms with Crippen molar-refractivity contribution in [3.63, 3.8) is 0 Å². The van der Waals surface area contributed by atoms with E-state index >= 15 is 0 Å². The molecule has 21 heavy (non-hydrogen) atoms. The van der Waals surface area contributed by atoms with Crippen molar-refractivity contribution in [1.82, 2.24) is 4.90 Å². The number of carbonyl (C=O) groups excluding carboxylic acids is 1. The van der Waals surface area contributed by atoms with E-state index in [1.807, 2.05) is 18.2 Å². The Morgan fingerprint density at radius 1 is 1.38 bits per heavy atom. The van der Waals surface area contributed by atoms with Crippen molar-refractivity contribution in [2.24, 2.45) is 11.1 Å². The first-order valence-corrected chi connectivity index (χ1v) is 8.53. The van der Waals surface area contributed by atoms with Gasteiger partial charge < -0.3 is 11.1 Å². The van der Waals surface area contributed by atoms with Gasteiger partial charge in [-0.15, -0.1) is 0 Å². The summed E-state index contributed by atoms with van der Waals surface area (Å²) < 4.78 is 1.82. The molecule has 0 atom stereocenters. The Balaban J connectivity index is 2.63. The van der Waals surface area contributed by atoms with Gasteiger partial charge >= 0.3 is 0 Å². The molecule has 118 valence electrons. The van der Waals surface area contributed by atoms with Crippen LogP contribution in [0, 0.1) is 5.41 Å². The minimum absolute atomic E-state index is 0.00842. The van der Waals surface area contributed by atoms with Crippen LogP contribution in [0.1, 0.15) is 20.8 Å². The second-order valence-corrected chi connectivity index (χ2v) is 7.61. The maximum absolute atomic E-state index is 12.2. The van der Waals surface area contributed by atoms with Crippen molar-refractivity contribution in [1.29, 1.82) is 0 Å². The summed E-state index contributed by atoms with van der Waals surface area (Å²) in [4.78, 5) is 14.3. The highest BCUT2D eigenvalue weighted by molar-refractivity contribution is 9.11. The van der Waals surface area contributed by atoms with Crippen LogP contribution in [0.15, 0.2) is 27.1 Å². The van der Waals surface area contributed by atoms with Gasteiger partial charge in [-0.1, -0.05) is 36.7 Å². The number of benzene rings is 1. The molecule has 0 spiro atoms. The van der Waals surface area contributed by atoms with E-state index in [0.29, 0.717) is 13.1 Å². The Morgan fingerprint density at radius 2 is 2.05 bits per heavy atom. The van der Waals surface area contributed by atoms with E-state index in [9.17, 15) is 4.79 Å². The Morgan fingerprint density at radius 3 is 2.57 bits per heavy atom. The zero-order valence-electron chi connectivity index (χ0n) is 12.7.